The van der Waals surface area contributed by atoms with Crippen molar-refractivity contribution in [3.63, 3.8) is 0 Å². The van der Waals surface area contributed by atoms with Crippen LogP contribution in [0.3, 0.4) is 0 Å². The van der Waals surface area contributed by atoms with E-state index in [0.717, 1.165) is 0 Å². The maximum absolute atomic E-state index is 11.6. The zero-order valence-corrected chi connectivity index (χ0v) is 8.90. The van der Waals surface area contributed by atoms with E-state index >= 15 is 0 Å². The molecule has 1 amide bonds. The Bertz CT molecular complexity index is 408. The van der Waals surface area contributed by atoms with Gasteiger partial charge < -0.3 is 14.8 Å². The van der Waals surface area contributed by atoms with Gasteiger partial charge >= 0.3 is 5.97 Å². The van der Waals surface area contributed by atoms with Crippen LogP contribution in [-0.2, 0) is 4.79 Å². The average molecular weight is 223 g/mol. The zero-order valence-electron chi connectivity index (χ0n) is 8.90. The fourth-order valence-corrected chi connectivity index (χ4v) is 1.24. The maximum Gasteiger partial charge on any atom is 0.326 e. The molecular formula is C11H13NO4. The van der Waals surface area contributed by atoms with E-state index in [1.807, 2.05) is 0 Å². The average Bonchev–Trinajstić information content (AvgIpc) is 2.63. The van der Waals surface area contributed by atoms with Crippen molar-refractivity contribution in [2.45, 2.75) is 19.4 Å². The molecule has 5 nitrogen and oxygen atoms in total. The van der Waals surface area contributed by atoms with E-state index in [0.29, 0.717) is 11.3 Å². The monoisotopic (exact) mass is 223 g/mol. The molecule has 0 aromatic carbocycles. The van der Waals surface area contributed by atoms with Gasteiger partial charge in [0.15, 0.2) is 0 Å². The lowest BCUT2D eigenvalue weighted by atomic mass is 10.2. The molecule has 86 valence electrons. The van der Waals surface area contributed by atoms with Crippen LogP contribution in [0.1, 0.15) is 22.5 Å². The third-order valence-electron chi connectivity index (χ3n) is 2.11. The van der Waals surface area contributed by atoms with Gasteiger partial charge in [-0.2, -0.15) is 0 Å². The molecule has 0 saturated heterocycles. The van der Waals surface area contributed by atoms with Gasteiger partial charge in [-0.25, -0.2) is 4.79 Å². The molecular weight excluding hydrogens is 210 g/mol. The van der Waals surface area contributed by atoms with E-state index in [4.69, 9.17) is 9.52 Å². The number of aliphatic carboxylic acids is 1. The minimum absolute atomic E-state index is 0.179. The number of rotatable bonds is 5. The first-order valence-electron chi connectivity index (χ1n) is 4.75. The summed E-state index contributed by atoms with van der Waals surface area (Å²) in [4.78, 5) is 22.4. The van der Waals surface area contributed by atoms with Crippen LogP contribution in [0.25, 0.3) is 0 Å². The maximum atomic E-state index is 11.6. The molecule has 0 saturated carbocycles. The highest BCUT2D eigenvalue weighted by Crippen LogP contribution is 2.09. The van der Waals surface area contributed by atoms with E-state index in [-0.39, 0.29) is 6.42 Å². The summed E-state index contributed by atoms with van der Waals surface area (Å²) in [5.74, 6) is -1.09. The molecule has 1 heterocycles. The first kappa shape index (κ1) is 12.0. The Labute approximate surface area is 92.8 Å². The van der Waals surface area contributed by atoms with Gasteiger partial charge in [0.25, 0.3) is 5.91 Å². The molecule has 16 heavy (non-hydrogen) atoms. The second kappa shape index (κ2) is 5.16. The summed E-state index contributed by atoms with van der Waals surface area (Å²) in [6, 6.07) is 0.539. The third kappa shape index (κ3) is 2.73. The zero-order chi connectivity index (χ0) is 12.1. The lowest BCUT2D eigenvalue weighted by molar-refractivity contribution is -0.139. The largest absolute Gasteiger partial charge is 0.480 e. The predicted molar refractivity (Wildman–Crippen MR) is 57.1 cm³/mol. The Morgan fingerprint density at radius 3 is 2.81 bits per heavy atom. The van der Waals surface area contributed by atoms with Crippen molar-refractivity contribution in [3.05, 3.63) is 36.3 Å². The summed E-state index contributed by atoms with van der Waals surface area (Å²) in [6.45, 7) is 5.07. The fourth-order valence-electron chi connectivity index (χ4n) is 1.24. The predicted octanol–water partition coefficient (Wildman–Crippen LogP) is 1.35. The van der Waals surface area contributed by atoms with Crippen LogP contribution in [0.4, 0.5) is 0 Å². The lowest BCUT2D eigenvalue weighted by Crippen LogP contribution is -2.40. The molecule has 2 N–H and O–H groups in total. The highest BCUT2D eigenvalue weighted by atomic mass is 16.4. The van der Waals surface area contributed by atoms with E-state index in [1.165, 1.54) is 18.4 Å². The van der Waals surface area contributed by atoms with Gasteiger partial charge in [0.1, 0.15) is 11.8 Å². The van der Waals surface area contributed by atoms with Crippen molar-refractivity contribution < 1.29 is 19.1 Å². The van der Waals surface area contributed by atoms with Gasteiger partial charge in [-0.3, -0.25) is 4.79 Å². The summed E-state index contributed by atoms with van der Waals surface area (Å²) < 4.78 is 4.96. The van der Waals surface area contributed by atoms with Crippen molar-refractivity contribution in [3.8, 4) is 0 Å². The van der Waals surface area contributed by atoms with Gasteiger partial charge in [-0.15, -0.1) is 6.58 Å². The van der Waals surface area contributed by atoms with E-state index in [1.54, 1.807) is 6.92 Å². The number of nitrogens with one attached hydrogen (secondary N) is 1. The molecule has 1 aromatic heterocycles. The standard InChI is InChI=1S/C11H13NO4/c1-3-4-9(11(14)15)12-10(13)8-5-6-16-7(8)2/h3,5-6,9H,1,4H2,2H3,(H,12,13)(H,14,15). The smallest absolute Gasteiger partial charge is 0.326 e. The van der Waals surface area contributed by atoms with Crippen LogP contribution in [0, 0.1) is 6.92 Å². The number of carboxylic acid groups (broad SMARTS) is 1. The Morgan fingerprint density at radius 2 is 2.38 bits per heavy atom. The van der Waals surface area contributed by atoms with Gasteiger partial charge in [0, 0.05) is 0 Å². The molecule has 0 bridgehead atoms. The van der Waals surface area contributed by atoms with Crippen molar-refractivity contribution in [1.82, 2.24) is 5.32 Å². The van der Waals surface area contributed by atoms with Crippen LogP contribution in [0.15, 0.2) is 29.4 Å². The van der Waals surface area contributed by atoms with Gasteiger partial charge in [0.05, 0.1) is 11.8 Å². The summed E-state index contributed by atoms with van der Waals surface area (Å²) in [7, 11) is 0. The van der Waals surface area contributed by atoms with Crippen molar-refractivity contribution in [2.24, 2.45) is 0 Å². The Morgan fingerprint density at radius 1 is 1.69 bits per heavy atom. The van der Waals surface area contributed by atoms with Crippen LogP contribution in [0.2, 0.25) is 0 Å². The topological polar surface area (TPSA) is 79.5 Å². The Kier molecular flexibility index (Phi) is 3.88. The normalized spacial score (nSPS) is 11.8. The van der Waals surface area contributed by atoms with Crippen molar-refractivity contribution >= 4 is 11.9 Å². The Balaban J connectivity index is 2.72. The molecule has 0 fully saturated rings. The van der Waals surface area contributed by atoms with Crippen LogP contribution >= 0.6 is 0 Å². The summed E-state index contributed by atoms with van der Waals surface area (Å²) in [6.07, 6.45) is 3.01. The molecule has 0 radical (unpaired) electrons. The molecule has 0 aliphatic carbocycles. The molecule has 1 unspecified atom stereocenters. The van der Waals surface area contributed by atoms with Crippen molar-refractivity contribution in [2.75, 3.05) is 0 Å². The minimum atomic E-state index is -1.09. The van der Waals surface area contributed by atoms with E-state index in [2.05, 4.69) is 11.9 Å². The number of aryl methyl sites for hydroxylation is 1. The quantitative estimate of drug-likeness (QED) is 0.738. The van der Waals surface area contributed by atoms with Gasteiger partial charge in [-0.05, 0) is 19.4 Å². The number of carboxylic acids is 1. The van der Waals surface area contributed by atoms with Gasteiger partial charge in [-0.1, -0.05) is 6.08 Å². The number of carbonyl (C=O) groups is 2. The van der Waals surface area contributed by atoms with Gasteiger partial charge in [0.2, 0.25) is 0 Å². The fraction of sp³-hybridized carbons (Fsp3) is 0.273. The highest BCUT2D eigenvalue weighted by Gasteiger charge is 2.20. The van der Waals surface area contributed by atoms with Crippen LogP contribution in [-0.4, -0.2) is 23.0 Å². The lowest BCUT2D eigenvalue weighted by Gasteiger charge is -2.11. The SMILES string of the molecule is C=CCC(NC(=O)c1ccoc1C)C(=O)O. The summed E-state index contributed by atoms with van der Waals surface area (Å²) in [5.41, 5.74) is 0.343. The second-order valence-corrected chi connectivity index (χ2v) is 3.28. The number of carbonyl (C=O) groups excluding carboxylic acids is 1. The molecule has 1 atom stereocenters. The second-order valence-electron chi connectivity index (χ2n) is 3.28. The summed E-state index contributed by atoms with van der Waals surface area (Å²) in [5, 5.41) is 11.2. The highest BCUT2D eigenvalue weighted by molar-refractivity contribution is 5.97. The summed E-state index contributed by atoms with van der Waals surface area (Å²) >= 11 is 0. The first-order chi connectivity index (χ1) is 7.56. The number of hydrogen-bond acceptors (Lipinski definition) is 3. The van der Waals surface area contributed by atoms with Crippen LogP contribution < -0.4 is 5.32 Å². The molecule has 5 heteroatoms. The van der Waals surface area contributed by atoms with E-state index < -0.39 is 17.9 Å². The minimum Gasteiger partial charge on any atom is -0.480 e. The third-order valence-corrected chi connectivity index (χ3v) is 2.11. The molecule has 1 aromatic rings. The molecule has 0 aliphatic rings. The first-order valence-corrected chi connectivity index (χ1v) is 4.75. The molecule has 1 rings (SSSR count). The molecule has 0 spiro atoms. The number of hydrogen-bond donors (Lipinski definition) is 2. The number of furan rings is 1. The van der Waals surface area contributed by atoms with E-state index in [9.17, 15) is 9.59 Å². The Hall–Kier alpha value is -2.04. The van der Waals surface area contributed by atoms with Crippen LogP contribution in [0.5, 0.6) is 0 Å². The van der Waals surface area contributed by atoms with Crippen molar-refractivity contribution in [1.29, 1.82) is 0 Å². The molecule has 0 aliphatic heterocycles. The number of amides is 1.